The predicted molar refractivity (Wildman–Crippen MR) is 66.8 cm³/mol. The molecule has 0 saturated heterocycles. The van der Waals surface area contributed by atoms with Gasteiger partial charge in [0.05, 0.1) is 5.56 Å². The third-order valence-corrected chi connectivity index (χ3v) is 4.57. The molecule has 0 amide bonds. The topological polar surface area (TPSA) is 47.3 Å². The largest absolute Gasteiger partial charge is 0.460 e. The molecule has 1 aromatic rings. The standard InChI is InChI=1S/C15H18O3/c1-7(2)9-5-12(16)11-6-18-15-13(11)10(9)4-8(3)14(15)17/h6-10H,4-5H2,1-3H3/t8-,9+,10+/m1/s1. The summed E-state index contributed by atoms with van der Waals surface area (Å²) in [5, 5.41) is 0. The predicted octanol–water partition coefficient (Wildman–Crippen LogP) is 3.44. The molecule has 1 aromatic heterocycles. The van der Waals surface area contributed by atoms with Crippen LogP contribution in [0.2, 0.25) is 0 Å². The summed E-state index contributed by atoms with van der Waals surface area (Å²) in [5.74, 6) is 1.77. The van der Waals surface area contributed by atoms with Gasteiger partial charge in [-0.3, -0.25) is 9.59 Å². The minimum Gasteiger partial charge on any atom is -0.460 e. The second kappa shape index (κ2) is 3.81. The van der Waals surface area contributed by atoms with Crippen LogP contribution >= 0.6 is 0 Å². The van der Waals surface area contributed by atoms with Crippen LogP contribution in [0.1, 0.15) is 66.0 Å². The molecule has 3 nitrogen and oxygen atoms in total. The first kappa shape index (κ1) is 11.7. The quantitative estimate of drug-likeness (QED) is 0.762. The zero-order chi connectivity index (χ0) is 13.0. The van der Waals surface area contributed by atoms with Crippen molar-refractivity contribution in [1.29, 1.82) is 0 Å². The lowest BCUT2D eigenvalue weighted by molar-refractivity contribution is 0.0828. The molecule has 96 valence electrons. The van der Waals surface area contributed by atoms with Crippen molar-refractivity contribution in [3.8, 4) is 0 Å². The molecule has 0 N–H and O–H groups in total. The van der Waals surface area contributed by atoms with Crippen molar-refractivity contribution in [2.75, 3.05) is 0 Å². The molecule has 3 rings (SSSR count). The Morgan fingerprint density at radius 1 is 1.33 bits per heavy atom. The summed E-state index contributed by atoms with van der Waals surface area (Å²) in [6, 6.07) is 0. The lowest BCUT2D eigenvalue weighted by Gasteiger charge is -2.37. The molecule has 1 heterocycles. The molecule has 0 aliphatic heterocycles. The van der Waals surface area contributed by atoms with Crippen molar-refractivity contribution < 1.29 is 14.0 Å². The number of hydrogen-bond donors (Lipinski definition) is 0. The first-order valence-electron chi connectivity index (χ1n) is 6.69. The first-order valence-corrected chi connectivity index (χ1v) is 6.69. The van der Waals surface area contributed by atoms with E-state index in [2.05, 4.69) is 13.8 Å². The average Bonchev–Trinajstić information content (AvgIpc) is 2.75. The summed E-state index contributed by atoms with van der Waals surface area (Å²) >= 11 is 0. The molecule has 0 bridgehead atoms. The molecule has 3 atom stereocenters. The normalized spacial score (nSPS) is 30.8. The van der Waals surface area contributed by atoms with Gasteiger partial charge in [0.1, 0.15) is 6.26 Å². The number of rotatable bonds is 1. The van der Waals surface area contributed by atoms with Crippen molar-refractivity contribution in [2.45, 2.75) is 39.5 Å². The Morgan fingerprint density at radius 2 is 2.06 bits per heavy atom. The first-order chi connectivity index (χ1) is 8.50. The van der Waals surface area contributed by atoms with E-state index in [4.69, 9.17) is 4.42 Å². The number of carbonyl (C=O) groups excluding carboxylic acids is 2. The summed E-state index contributed by atoms with van der Waals surface area (Å²) in [4.78, 5) is 24.2. The highest BCUT2D eigenvalue weighted by Crippen LogP contribution is 2.49. The molecule has 2 aliphatic carbocycles. The molecular formula is C15H18O3. The summed E-state index contributed by atoms with van der Waals surface area (Å²) in [7, 11) is 0. The number of carbonyl (C=O) groups is 2. The maximum absolute atomic E-state index is 12.1. The fraction of sp³-hybridized carbons (Fsp3) is 0.600. The van der Waals surface area contributed by atoms with E-state index in [1.54, 1.807) is 0 Å². The van der Waals surface area contributed by atoms with Crippen LogP contribution in [0.15, 0.2) is 10.7 Å². The number of Topliss-reactive ketones (excluding diaryl/α,β-unsaturated/α-hetero) is 2. The highest BCUT2D eigenvalue weighted by Gasteiger charge is 2.45. The van der Waals surface area contributed by atoms with E-state index in [0.29, 0.717) is 35.5 Å². The van der Waals surface area contributed by atoms with Crippen LogP contribution in [0.25, 0.3) is 0 Å². The molecule has 0 saturated carbocycles. The van der Waals surface area contributed by atoms with E-state index in [9.17, 15) is 9.59 Å². The molecule has 2 aliphatic rings. The summed E-state index contributed by atoms with van der Waals surface area (Å²) < 4.78 is 5.40. The Kier molecular flexibility index (Phi) is 2.47. The van der Waals surface area contributed by atoms with Gasteiger partial charge in [0, 0.05) is 17.9 Å². The van der Waals surface area contributed by atoms with Crippen LogP contribution < -0.4 is 0 Å². The van der Waals surface area contributed by atoms with Crippen LogP contribution in [-0.2, 0) is 0 Å². The maximum Gasteiger partial charge on any atom is 0.201 e. The molecule has 3 heteroatoms. The number of hydrogen-bond acceptors (Lipinski definition) is 3. The molecule has 0 fully saturated rings. The van der Waals surface area contributed by atoms with E-state index >= 15 is 0 Å². The highest BCUT2D eigenvalue weighted by molar-refractivity contribution is 6.05. The molecule has 18 heavy (non-hydrogen) atoms. The zero-order valence-corrected chi connectivity index (χ0v) is 11.0. The Morgan fingerprint density at radius 3 is 2.72 bits per heavy atom. The maximum atomic E-state index is 12.1. The summed E-state index contributed by atoms with van der Waals surface area (Å²) in [6.45, 7) is 6.27. The van der Waals surface area contributed by atoms with E-state index in [0.717, 1.165) is 12.0 Å². The highest BCUT2D eigenvalue weighted by atomic mass is 16.3. The van der Waals surface area contributed by atoms with Gasteiger partial charge in [-0.25, -0.2) is 0 Å². The monoisotopic (exact) mass is 246 g/mol. The van der Waals surface area contributed by atoms with E-state index in [1.165, 1.54) is 6.26 Å². The van der Waals surface area contributed by atoms with Crippen molar-refractivity contribution in [2.24, 2.45) is 17.8 Å². The van der Waals surface area contributed by atoms with E-state index < -0.39 is 0 Å². The van der Waals surface area contributed by atoms with Gasteiger partial charge in [0.25, 0.3) is 0 Å². The summed E-state index contributed by atoms with van der Waals surface area (Å²) in [5.41, 5.74) is 1.57. The third-order valence-electron chi connectivity index (χ3n) is 4.57. The Bertz CT molecular complexity index is 524. The Labute approximate surface area is 107 Å². The fourth-order valence-electron chi connectivity index (χ4n) is 3.53. The third kappa shape index (κ3) is 1.43. The SMILES string of the molecule is CC(C)[C@@H]1CC(=O)c2coc3c2[C@H]1C[C@@H](C)C3=O. The van der Waals surface area contributed by atoms with Gasteiger partial charge in [-0.2, -0.15) is 0 Å². The van der Waals surface area contributed by atoms with Crippen molar-refractivity contribution >= 4 is 11.6 Å². The lowest BCUT2D eigenvalue weighted by atomic mass is 9.64. The molecule has 0 spiro atoms. The Balaban J connectivity index is 2.17. The minimum absolute atomic E-state index is 0.0101. The van der Waals surface area contributed by atoms with Crippen molar-refractivity contribution in [3.63, 3.8) is 0 Å². The average molecular weight is 246 g/mol. The van der Waals surface area contributed by atoms with Crippen LogP contribution in [0.5, 0.6) is 0 Å². The zero-order valence-electron chi connectivity index (χ0n) is 11.0. The fourth-order valence-corrected chi connectivity index (χ4v) is 3.53. The van der Waals surface area contributed by atoms with Gasteiger partial charge in [0.2, 0.25) is 5.78 Å². The van der Waals surface area contributed by atoms with Crippen LogP contribution in [-0.4, -0.2) is 11.6 Å². The second-order valence-corrected chi connectivity index (χ2v) is 6.03. The van der Waals surface area contributed by atoms with Crippen LogP contribution in [0.3, 0.4) is 0 Å². The van der Waals surface area contributed by atoms with Gasteiger partial charge in [-0.1, -0.05) is 20.8 Å². The number of furan rings is 1. The van der Waals surface area contributed by atoms with E-state index in [-0.39, 0.29) is 17.5 Å². The van der Waals surface area contributed by atoms with Crippen molar-refractivity contribution in [1.82, 2.24) is 0 Å². The van der Waals surface area contributed by atoms with Gasteiger partial charge in [-0.05, 0) is 24.2 Å². The van der Waals surface area contributed by atoms with Crippen LogP contribution in [0.4, 0.5) is 0 Å². The molecule has 0 radical (unpaired) electrons. The molecule has 0 aromatic carbocycles. The number of ketones is 2. The molecular weight excluding hydrogens is 228 g/mol. The smallest absolute Gasteiger partial charge is 0.201 e. The van der Waals surface area contributed by atoms with Gasteiger partial charge >= 0.3 is 0 Å². The van der Waals surface area contributed by atoms with Gasteiger partial charge in [0.15, 0.2) is 11.5 Å². The molecule has 0 unspecified atom stereocenters. The summed E-state index contributed by atoms with van der Waals surface area (Å²) in [6.07, 6.45) is 2.94. The lowest BCUT2D eigenvalue weighted by Crippen LogP contribution is -2.34. The van der Waals surface area contributed by atoms with Crippen molar-refractivity contribution in [3.05, 3.63) is 23.2 Å². The second-order valence-electron chi connectivity index (χ2n) is 6.03. The van der Waals surface area contributed by atoms with Crippen LogP contribution in [0, 0.1) is 17.8 Å². The minimum atomic E-state index is 0.0101. The Hall–Kier alpha value is -1.38. The van der Waals surface area contributed by atoms with E-state index in [1.807, 2.05) is 6.92 Å². The van der Waals surface area contributed by atoms with Gasteiger partial charge < -0.3 is 4.42 Å². The van der Waals surface area contributed by atoms with Gasteiger partial charge in [-0.15, -0.1) is 0 Å².